The molecule has 1 aliphatic carbocycles. The van der Waals surface area contributed by atoms with Crippen molar-refractivity contribution < 1.29 is 4.74 Å². The first-order chi connectivity index (χ1) is 15.3. The van der Waals surface area contributed by atoms with E-state index in [0.29, 0.717) is 22.9 Å². The van der Waals surface area contributed by atoms with Gasteiger partial charge in [0.05, 0.1) is 5.52 Å². The van der Waals surface area contributed by atoms with Crippen molar-refractivity contribution in [2.45, 2.75) is 0 Å². The lowest BCUT2D eigenvalue weighted by molar-refractivity contribution is 0.465. The normalized spacial score (nSPS) is 12.7. The van der Waals surface area contributed by atoms with Crippen molar-refractivity contribution in [3.63, 3.8) is 0 Å². The SMILES string of the molecule is Nc1ncnn2c(C3=CC=C3)nc(-c3ccc4ccc(Oc5ccccc5)nc4c3)c12. The summed E-state index contributed by atoms with van der Waals surface area (Å²) >= 11 is 0. The molecule has 2 N–H and O–H groups in total. The predicted molar refractivity (Wildman–Crippen MR) is 120 cm³/mol. The van der Waals surface area contributed by atoms with Gasteiger partial charge < -0.3 is 10.5 Å². The number of nitrogens with zero attached hydrogens (tertiary/aromatic N) is 5. The Morgan fingerprint density at radius 3 is 2.58 bits per heavy atom. The van der Waals surface area contributed by atoms with Crippen molar-refractivity contribution in [3.05, 3.63) is 91.0 Å². The highest BCUT2D eigenvalue weighted by Crippen LogP contribution is 2.33. The minimum atomic E-state index is 0.377. The lowest BCUT2D eigenvalue weighted by atomic mass is 10.1. The number of hydrogen-bond acceptors (Lipinski definition) is 6. The Hall–Kier alpha value is -4.52. The second-order valence-electron chi connectivity index (χ2n) is 7.14. The van der Waals surface area contributed by atoms with E-state index in [-0.39, 0.29) is 0 Å². The second kappa shape index (κ2) is 6.77. The molecule has 6 rings (SSSR count). The van der Waals surface area contributed by atoms with Crippen LogP contribution in [0.15, 0.2) is 85.2 Å². The number of pyridine rings is 1. The molecule has 2 aromatic carbocycles. The standard InChI is InChI=1S/C24H16N6O/c25-23-22-21(29-24(16-5-4-6-16)30(22)27-14-26-23)17-10-9-15-11-12-20(28-19(15)13-17)31-18-7-2-1-3-8-18/h1-14H,(H2,25,26,27). The van der Waals surface area contributed by atoms with Crippen molar-refractivity contribution in [3.8, 4) is 22.9 Å². The topological polar surface area (TPSA) is 91.2 Å². The van der Waals surface area contributed by atoms with Crippen LogP contribution in [0.4, 0.5) is 5.82 Å². The minimum absolute atomic E-state index is 0.377. The summed E-state index contributed by atoms with van der Waals surface area (Å²) in [6, 6.07) is 19.4. The Morgan fingerprint density at radius 2 is 1.77 bits per heavy atom. The van der Waals surface area contributed by atoms with Crippen molar-refractivity contribution >= 4 is 27.8 Å². The van der Waals surface area contributed by atoms with Crippen LogP contribution in [0.5, 0.6) is 11.6 Å². The summed E-state index contributed by atoms with van der Waals surface area (Å²) in [5, 5.41) is 5.37. The Kier molecular flexibility index (Phi) is 3.79. The third-order valence-corrected chi connectivity index (χ3v) is 5.18. The molecule has 0 saturated heterocycles. The number of aromatic nitrogens is 5. The summed E-state index contributed by atoms with van der Waals surface area (Å²) in [6.45, 7) is 0. The number of benzene rings is 2. The van der Waals surface area contributed by atoms with Crippen LogP contribution < -0.4 is 10.5 Å². The van der Waals surface area contributed by atoms with Crippen LogP contribution in [0.3, 0.4) is 0 Å². The molecule has 1 aliphatic rings. The molecule has 0 atom stereocenters. The Labute approximate surface area is 177 Å². The van der Waals surface area contributed by atoms with Gasteiger partial charge in [0.2, 0.25) is 5.88 Å². The molecule has 148 valence electrons. The van der Waals surface area contributed by atoms with E-state index < -0.39 is 0 Å². The van der Waals surface area contributed by atoms with Gasteiger partial charge in [-0.1, -0.05) is 48.6 Å². The summed E-state index contributed by atoms with van der Waals surface area (Å²) < 4.78 is 7.63. The van der Waals surface area contributed by atoms with Crippen LogP contribution >= 0.6 is 0 Å². The molecule has 0 radical (unpaired) electrons. The molecule has 3 aromatic heterocycles. The number of anilines is 1. The maximum absolute atomic E-state index is 6.20. The molecule has 5 aromatic rings. The Bertz CT molecular complexity index is 1520. The number of ether oxygens (including phenoxy) is 1. The number of imidazole rings is 1. The zero-order valence-electron chi connectivity index (χ0n) is 16.3. The molecule has 3 heterocycles. The third kappa shape index (κ3) is 2.91. The maximum atomic E-state index is 6.20. The van der Waals surface area contributed by atoms with Crippen LogP contribution in [-0.2, 0) is 0 Å². The van der Waals surface area contributed by atoms with E-state index in [1.165, 1.54) is 6.33 Å². The van der Waals surface area contributed by atoms with E-state index >= 15 is 0 Å². The lowest BCUT2D eigenvalue weighted by Crippen LogP contribution is -2.02. The van der Waals surface area contributed by atoms with Crippen LogP contribution in [0.1, 0.15) is 5.82 Å². The molecule has 7 nitrogen and oxygen atoms in total. The smallest absolute Gasteiger partial charge is 0.219 e. The first-order valence-corrected chi connectivity index (χ1v) is 9.78. The number of nitrogen functional groups attached to an aromatic ring is 1. The van der Waals surface area contributed by atoms with Gasteiger partial charge in [-0.25, -0.2) is 19.5 Å². The highest BCUT2D eigenvalue weighted by molar-refractivity contribution is 5.92. The molecule has 0 bridgehead atoms. The van der Waals surface area contributed by atoms with Gasteiger partial charge in [0.25, 0.3) is 0 Å². The fraction of sp³-hybridized carbons (Fsp3) is 0. The first-order valence-electron chi connectivity index (χ1n) is 9.78. The van der Waals surface area contributed by atoms with E-state index in [2.05, 4.69) is 15.1 Å². The van der Waals surface area contributed by atoms with Gasteiger partial charge in [-0.2, -0.15) is 5.10 Å². The molecule has 0 saturated carbocycles. The highest BCUT2D eigenvalue weighted by Gasteiger charge is 2.20. The maximum Gasteiger partial charge on any atom is 0.219 e. The number of allylic oxidation sites excluding steroid dienone is 4. The summed E-state index contributed by atoms with van der Waals surface area (Å²) in [6.07, 6.45) is 7.39. The van der Waals surface area contributed by atoms with E-state index in [1.807, 2.05) is 78.9 Å². The van der Waals surface area contributed by atoms with E-state index in [1.54, 1.807) is 4.52 Å². The molecule has 7 heteroatoms. The molecule has 0 spiro atoms. The number of fused-ring (bicyclic) bond motifs is 2. The molecule has 31 heavy (non-hydrogen) atoms. The fourth-order valence-corrected chi connectivity index (χ4v) is 3.60. The molecular formula is C24H16N6O. The third-order valence-electron chi connectivity index (χ3n) is 5.18. The quantitative estimate of drug-likeness (QED) is 0.468. The summed E-state index contributed by atoms with van der Waals surface area (Å²) in [4.78, 5) is 13.7. The monoisotopic (exact) mass is 404 g/mol. The minimum Gasteiger partial charge on any atom is -0.439 e. The fourth-order valence-electron chi connectivity index (χ4n) is 3.60. The van der Waals surface area contributed by atoms with Crippen LogP contribution in [0.25, 0.3) is 33.3 Å². The lowest BCUT2D eigenvalue weighted by Gasteiger charge is -2.07. The van der Waals surface area contributed by atoms with E-state index in [4.69, 9.17) is 15.5 Å². The molecule has 0 fully saturated rings. The summed E-state index contributed by atoms with van der Waals surface area (Å²) in [5.41, 5.74) is 10.3. The Morgan fingerprint density at radius 1 is 0.935 bits per heavy atom. The summed E-state index contributed by atoms with van der Waals surface area (Å²) in [5.74, 6) is 2.37. The van der Waals surface area contributed by atoms with Crippen LogP contribution in [0.2, 0.25) is 0 Å². The van der Waals surface area contributed by atoms with Gasteiger partial charge in [0.1, 0.15) is 23.3 Å². The number of para-hydroxylation sites is 1. The van der Waals surface area contributed by atoms with E-state index in [0.717, 1.165) is 33.6 Å². The zero-order valence-corrected chi connectivity index (χ0v) is 16.3. The van der Waals surface area contributed by atoms with Crippen molar-refractivity contribution in [1.29, 1.82) is 0 Å². The van der Waals surface area contributed by atoms with Crippen LogP contribution in [0, 0.1) is 0 Å². The number of nitrogens with two attached hydrogens (primary N) is 1. The van der Waals surface area contributed by atoms with Gasteiger partial charge in [-0.15, -0.1) is 0 Å². The average molecular weight is 404 g/mol. The van der Waals surface area contributed by atoms with Crippen molar-refractivity contribution in [2.24, 2.45) is 0 Å². The predicted octanol–water partition coefficient (Wildman–Crippen LogP) is 4.67. The highest BCUT2D eigenvalue weighted by atomic mass is 16.5. The molecule has 0 unspecified atom stereocenters. The van der Waals surface area contributed by atoms with Gasteiger partial charge in [0, 0.05) is 22.6 Å². The first kappa shape index (κ1) is 17.3. The number of hydrogen-bond donors (Lipinski definition) is 1. The molecular weight excluding hydrogens is 388 g/mol. The summed E-state index contributed by atoms with van der Waals surface area (Å²) in [7, 11) is 0. The second-order valence-corrected chi connectivity index (χ2v) is 7.14. The molecule has 0 aliphatic heterocycles. The largest absolute Gasteiger partial charge is 0.439 e. The Balaban J connectivity index is 1.48. The van der Waals surface area contributed by atoms with Gasteiger partial charge >= 0.3 is 0 Å². The van der Waals surface area contributed by atoms with Crippen LogP contribution in [-0.4, -0.2) is 24.6 Å². The van der Waals surface area contributed by atoms with Gasteiger partial charge in [-0.3, -0.25) is 0 Å². The zero-order chi connectivity index (χ0) is 20.8. The van der Waals surface area contributed by atoms with Gasteiger partial charge in [-0.05, 0) is 24.3 Å². The average Bonchev–Trinajstić information content (AvgIpc) is 3.13. The van der Waals surface area contributed by atoms with Crippen molar-refractivity contribution in [2.75, 3.05) is 5.73 Å². The van der Waals surface area contributed by atoms with Gasteiger partial charge in [0.15, 0.2) is 11.6 Å². The van der Waals surface area contributed by atoms with E-state index in [9.17, 15) is 0 Å². The molecule has 0 amide bonds. The van der Waals surface area contributed by atoms with Crippen molar-refractivity contribution in [1.82, 2.24) is 24.6 Å². The number of rotatable bonds is 4.